The third kappa shape index (κ3) is 2.80. The quantitative estimate of drug-likeness (QED) is 0.449. The van der Waals surface area contributed by atoms with Gasteiger partial charge >= 0.3 is 5.92 Å². The first kappa shape index (κ1) is 18.0. The zero-order valence-electron chi connectivity index (χ0n) is 16.3. The van der Waals surface area contributed by atoms with Gasteiger partial charge in [-0.3, -0.25) is 4.68 Å². The van der Waals surface area contributed by atoms with E-state index in [0.717, 1.165) is 35.1 Å². The van der Waals surface area contributed by atoms with Crippen LogP contribution in [0.4, 0.5) is 13.2 Å². The normalized spacial score (nSPS) is 14.7. The lowest BCUT2D eigenvalue weighted by molar-refractivity contribution is -0.753. The van der Waals surface area contributed by atoms with Gasteiger partial charge in [-0.1, -0.05) is 0 Å². The number of fused-ring (bicyclic) bond motifs is 2. The molecule has 0 saturated heterocycles. The Hall–Kier alpha value is -3.76. The van der Waals surface area contributed by atoms with E-state index in [1.54, 1.807) is 31.6 Å². The molecule has 0 radical (unpaired) electrons. The first-order chi connectivity index (χ1) is 14.9. The minimum atomic E-state index is -3.76. The van der Waals surface area contributed by atoms with Gasteiger partial charge in [-0.15, -0.1) is 14.9 Å². The number of aromatic amines is 1. The van der Waals surface area contributed by atoms with Crippen molar-refractivity contribution in [3.63, 3.8) is 0 Å². The molecule has 4 heterocycles. The van der Waals surface area contributed by atoms with Crippen LogP contribution in [-0.4, -0.2) is 34.7 Å². The highest BCUT2D eigenvalue weighted by atomic mass is 19.3. The molecule has 0 bridgehead atoms. The van der Waals surface area contributed by atoms with Crippen molar-refractivity contribution in [2.45, 2.75) is 24.8 Å². The molecule has 1 N–H and O–H groups in total. The van der Waals surface area contributed by atoms with E-state index in [0.29, 0.717) is 22.6 Å². The van der Waals surface area contributed by atoms with Crippen molar-refractivity contribution in [2.24, 2.45) is 7.05 Å². The largest absolute Gasteiger partial charge is 0.336 e. The number of hydrogen-bond acceptors (Lipinski definition) is 4. The fourth-order valence-electron chi connectivity index (χ4n) is 3.74. The Morgan fingerprint density at radius 3 is 2.81 bits per heavy atom. The third-order valence-corrected chi connectivity index (χ3v) is 5.47. The minimum Gasteiger partial charge on any atom is -0.275 e. The van der Waals surface area contributed by atoms with Crippen LogP contribution in [0.25, 0.3) is 27.8 Å². The summed E-state index contributed by atoms with van der Waals surface area (Å²) in [6.07, 6.45) is 7.42. The molecule has 0 unspecified atom stereocenters. The number of halogens is 3. The summed E-state index contributed by atoms with van der Waals surface area (Å²) in [5.41, 5.74) is 0.861. The molecule has 8 nitrogen and oxygen atoms in total. The van der Waals surface area contributed by atoms with Crippen molar-refractivity contribution in [1.29, 1.82) is 0 Å². The minimum absolute atomic E-state index is 0.145. The Balaban J connectivity index is 1.47. The van der Waals surface area contributed by atoms with Gasteiger partial charge in [-0.25, -0.2) is 4.39 Å². The van der Waals surface area contributed by atoms with Gasteiger partial charge in [0.1, 0.15) is 5.82 Å². The van der Waals surface area contributed by atoms with Crippen LogP contribution in [0.15, 0.2) is 42.9 Å². The molecular weight excluding hydrogens is 409 g/mol. The number of nitrogens with zero attached hydrogens (tertiary/aromatic N) is 7. The molecule has 1 saturated carbocycles. The van der Waals surface area contributed by atoms with Gasteiger partial charge in [-0.2, -0.15) is 28.6 Å². The van der Waals surface area contributed by atoms with E-state index < -0.39 is 23.1 Å². The molecule has 1 aliphatic carbocycles. The Bertz CT molecular complexity index is 1460. The number of H-pyrrole nitrogens is 1. The van der Waals surface area contributed by atoms with Gasteiger partial charge < -0.3 is 0 Å². The second kappa shape index (κ2) is 6.13. The summed E-state index contributed by atoms with van der Waals surface area (Å²) in [7, 11) is 1.64. The van der Waals surface area contributed by atoms with E-state index in [-0.39, 0.29) is 5.65 Å². The summed E-state index contributed by atoms with van der Waals surface area (Å²) >= 11 is 0. The Kier molecular flexibility index (Phi) is 3.57. The fourth-order valence-corrected chi connectivity index (χ4v) is 3.74. The van der Waals surface area contributed by atoms with Crippen LogP contribution >= 0.6 is 0 Å². The van der Waals surface area contributed by atoms with Crippen LogP contribution in [-0.2, 0) is 13.0 Å². The van der Waals surface area contributed by atoms with Crippen LogP contribution in [0.3, 0.4) is 0 Å². The summed E-state index contributed by atoms with van der Waals surface area (Å²) in [6, 6.07) is 5.78. The highest BCUT2D eigenvalue weighted by Gasteiger charge is 2.43. The predicted octanol–water partition coefficient (Wildman–Crippen LogP) is 2.91. The lowest BCUT2D eigenvalue weighted by Gasteiger charge is -2.15. The van der Waals surface area contributed by atoms with Crippen molar-refractivity contribution in [1.82, 2.24) is 34.7 Å². The molecule has 4 aromatic heterocycles. The van der Waals surface area contributed by atoms with Crippen LogP contribution < -0.4 is 4.68 Å². The number of hydrogen-bond donors (Lipinski definition) is 1. The molecule has 0 atom stereocenters. The maximum Gasteiger partial charge on any atom is 0.336 e. The number of nitrogens with one attached hydrogen (secondary N) is 1. The molecule has 1 aromatic carbocycles. The smallest absolute Gasteiger partial charge is 0.275 e. The first-order valence-corrected chi connectivity index (χ1v) is 9.74. The summed E-state index contributed by atoms with van der Waals surface area (Å²) in [5, 5.41) is 19.4. The molecule has 5 aromatic rings. The predicted molar refractivity (Wildman–Crippen MR) is 103 cm³/mol. The van der Waals surface area contributed by atoms with Crippen molar-refractivity contribution in [3.05, 3.63) is 60.1 Å². The van der Waals surface area contributed by atoms with E-state index in [2.05, 4.69) is 25.5 Å². The van der Waals surface area contributed by atoms with Crippen molar-refractivity contribution in [2.75, 3.05) is 0 Å². The topological polar surface area (TPSA) is 80.6 Å². The number of aromatic nitrogens is 8. The summed E-state index contributed by atoms with van der Waals surface area (Å²) in [6.45, 7) is 0. The van der Waals surface area contributed by atoms with Crippen molar-refractivity contribution in [3.8, 4) is 11.3 Å². The van der Waals surface area contributed by atoms with Crippen LogP contribution in [0.2, 0.25) is 0 Å². The maximum atomic E-state index is 15.5. The van der Waals surface area contributed by atoms with Gasteiger partial charge in [0.2, 0.25) is 12.0 Å². The van der Waals surface area contributed by atoms with Crippen LogP contribution in [0, 0.1) is 5.82 Å². The molecule has 0 amide bonds. The highest BCUT2D eigenvalue weighted by molar-refractivity contribution is 5.79. The van der Waals surface area contributed by atoms with Crippen molar-refractivity contribution < 1.29 is 17.9 Å². The summed E-state index contributed by atoms with van der Waals surface area (Å²) in [4.78, 5) is 0. The lowest BCUT2D eigenvalue weighted by atomic mass is 10.0. The van der Waals surface area contributed by atoms with Gasteiger partial charge in [0, 0.05) is 37.5 Å². The molecule has 1 aliphatic rings. The SMILES string of the molecule is Cn1cc2cc(C(F)(F)c3nnc4ccc(-c5c[nH][n+](C6CC6)c5)nn34)c(F)cc2n1. The van der Waals surface area contributed by atoms with E-state index >= 15 is 8.78 Å². The zero-order chi connectivity index (χ0) is 21.3. The van der Waals surface area contributed by atoms with Crippen molar-refractivity contribution >= 4 is 16.6 Å². The third-order valence-electron chi connectivity index (χ3n) is 5.47. The molecule has 1 fully saturated rings. The zero-order valence-corrected chi connectivity index (χ0v) is 16.3. The van der Waals surface area contributed by atoms with Gasteiger partial charge in [0.15, 0.2) is 11.7 Å². The Morgan fingerprint density at radius 2 is 2.00 bits per heavy atom. The number of aryl methyl sites for hydroxylation is 1. The monoisotopic (exact) mass is 425 g/mol. The average Bonchev–Trinajstić information content (AvgIpc) is 3.15. The molecule has 0 aliphatic heterocycles. The maximum absolute atomic E-state index is 15.5. The Labute approximate surface area is 172 Å². The first-order valence-electron chi connectivity index (χ1n) is 9.74. The average molecular weight is 425 g/mol. The fraction of sp³-hybridized carbons (Fsp3) is 0.250. The molecule has 156 valence electrons. The standard InChI is InChI=1S/C20H15F3N8/c1-29-9-11-6-14(15(21)7-17(11)27-29)20(22,23)19-26-25-18-5-4-16(28-31(18)19)12-8-24-30(10-12)13-2-3-13/h4-10,13H,2-3H2,1H3/p+1. The van der Waals surface area contributed by atoms with E-state index in [1.807, 2.05) is 10.9 Å². The second-order valence-electron chi connectivity index (χ2n) is 7.78. The summed E-state index contributed by atoms with van der Waals surface area (Å²) < 4.78 is 49.9. The van der Waals surface area contributed by atoms with E-state index in [4.69, 9.17) is 0 Å². The molecule has 11 heteroatoms. The molecule has 31 heavy (non-hydrogen) atoms. The highest BCUT2D eigenvalue weighted by Crippen LogP contribution is 2.37. The molecule has 6 rings (SSSR count). The van der Waals surface area contributed by atoms with Crippen LogP contribution in [0.5, 0.6) is 0 Å². The van der Waals surface area contributed by atoms with Gasteiger partial charge in [0.25, 0.3) is 0 Å². The van der Waals surface area contributed by atoms with Crippen LogP contribution in [0.1, 0.15) is 30.3 Å². The lowest BCUT2D eigenvalue weighted by Crippen LogP contribution is -2.32. The van der Waals surface area contributed by atoms with Gasteiger partial charge in [0.05, 0.1) is 28.5 Å². The van der Waals surface area contributed by atoms with E-state index in [9.17, 15) is 4.39 Å². The Morgan fingerprint density at radius 1 is 1.16 bits per heavy atom. The second-order valence-corrected chi connectivity index (χ2v) is 7.78. The summed E-state index contributed by atoms with van der Waals surface area (Å²) in [5.74, 6) is -5.58. The number of alkyl halides is 2. The molecule has 0 spiro atoms. The molecular formula is C20H16F3N8+. The van der Waals surface area contributed by atoms with E-state index in [1.165, 1.54) is 4.68 Å². The number of benzene rings is 1. The number of rotatable bonds is 4. The van der Waals surface area contributed by atoms with Gasteiger partial charge in [-0.05, 0) is 18.2 Å².